The van der Waals surface area contributed by atoms with Crippen LogP contribution >= 0.6 is 0 Å². The van der Waals surface area contributed by atoms with Gasteiger partial charge in [0.05, 0.1) is 12.6 Å². The first-order valence-electron chi connectivity index (χ1n) is 5.15. The molecule has 1 N–H and O–H groups in total. The second-order valence-electron chi connectivity index (χ2n) is 3.76. The van der Waals surface area contributed by atoms with Crippen LogP contribution in [0, 0.1) is 0 Å². The lowest BCUT2D eigenvalue weighted by Gasteiger charge is -2.18. The predicted molar refractivity (Wildman–Crippen MR) is 63.9 cm³/mol. The summed E-state index contributed by atoms with van der Waals surface area (Å²) in [6, 6.07) is 10.6. The first-order chi connectivity index (χ1) is 7.24. The summed E-state index contributed by atoms with van der Waals surface area (Å²) in [6.07, 6.45) is 0. The number of rotatable bonds is 6. The lowest BCUT2D eigenvalue weighted by Crippen LogP contribution is -2.26. The summed E-state index contributed by atoms with van der Waals surface area (Å²) in [5.41, 5.74) is 2.38. The molecular weight excluding hydrogens is 186 g/mol. The van der Waals surface area contributed by atoms with E-state index in [1.807, 2.05) is 25.1 Å². The summed E-state index contributed by atoms with van der Waals surface area (Å²) in [5, 5.41) is 3.41. The SMILES string of the molecule is C=C(C)CNC(COC)c1ccccc1. The third kappa shape index (κ3) is 4.28. The Bertz CT molecular complexity index is 295. The molecule has 0 bridgehead atoms. The fourth-order valence-electron chi connectivity index (χ4n) is 1.42. The molecule has 1 aromatic rings. The second kappa shape index (κ2) is 6.38. The topological polar surface area (TPSA) is 21.3 Å². The van der Waals surface area contributed by atoms with Crippen LogP contribution in [-0.2, 0) is 4.74 Å². The minimum Gasteiger partial charge on any atom is -0.383 e. The Balaban J connectivity index is 2.61. The van der Waals surface area contributed by atoms with Crippen LogP contribution in [0.5, 0.6) is 0 Å². The van der Waals surface area contributed by atoms with Gasteiger partial charge in [0, 0.05) is 13.7 Å². The van der Waals surface area contributed by atoms with Gasteiger partial charge in [-0.1, -0.05) is 42.5 Å². The third-order valence-electron chi connectivity index (χ3n) is 2.19. The number of nitrogens with one attached hydrogen (secondary N) is 1. The average Bonchev–Trinajstić information content (AvgIpc) is 2.25. The smallest absolute Gasteiger partial charge is 0.0657 e. The Morgan fingerprint density at radius 2 is 2.07 bits per heavy atom. The number of ether oxygens (including phenoxy) is 1. The summed E-state index contributed by atoms with van der Waals surface area (Å²) >= 11 is 0. The van der Waals surface area contributed by atoms with E-state index >= 15 is 0 Å². The molecule has 82 valence electrons. The molecule has 0 aliphatic rings. The standard InChI is InChI=1S/C13H19NO/c1-11(2)9-14-13(10-15-3)12-7-5-4-6-8-12/h4-8,13-14H,1,9-10H2,2-3H3. The molecule has 0 radical (unpaired) electrons. The van der Waals surface area contributed by atoms with Crippen molar-refractivity contribution < 1.29 is 4.74 Å². The molecule has 0 heterocycles. The van der Waals surface area contributed by atoms with E-state index in [9.17, 15) is 0 Å². The highest BCUT2D eigenvalue weighted by Gasteiger charge is 2.09. The van der Waals surface area contributed by atoms with Crippen LogP contribution in [0.2, 0.25) is 0 Å². The Kier molecular flexibility index (Phi) is 5.08. The third-order valence-corrected chi connectivity index (χ3v) is 2.19. The van der Waals surface area contributed by atoms with Gasteiger partial charge in [-0.2, -0.15) is 0 Å². The van der Waals surface area contributed by atoms with Crippen molar-refractivity contribution in [2.75, 3.05) is 20.3 Å². The van der Waals surface area contributed by atoms with Gasteiger partial charge in [0.2, 0.25) is 0 Å². The van der Waals surface area contributed by atoms with Crippen LogP contribution in [0.1, 0.15) is 18.5 Å². The number of benzene rings is 1. The Hall–Kier alpha value is -1.12. The number of hydrogen-bond donors (Lipinski definition) is 1. The number of hydrogen-bond acceptors (Lipinski definition) is 2. The maximum Gasteiger partial charge on any atom is 0.0657 e. The minimum absolute atomic E-state index is 0.243. The maximum absolute atomic E-state index is 5.20. The van der Waals surface area contributed by atoms with Crippen molar-refractivity contribution in [3.8, 4) is 0 Å². The van der Waals surface area contributed by atoms with Gasteiger partial charge in [0.1, 0.15) is 0 Å². The van der Waals surface area contributed by atoms with Gasteiger partial charge in [-0.25, -0.2) is 0 Å². The van der Waals surface area contributed by atoms with Crippen LogP contribution < -0.4 is 5.32 Å². The highest BCUT2D eigenvalue weighted by molar-refractivity contribution is 5.19. The van der Waals surface area contributed by atoms with E-state index in [2.05, 4.69) is 24.0 Å². The average molecular weight is 205 g/mol. The summed E-state index contributed by atoms with van der Waals surface area (Å²) in [4.78, 5) is 0. The van der Waals surface area contributed by atoms with E-state index in [0.29, 0.717) is 6.61 Å². The molecule has 0 aliphatic heterocycles. The largest absolute Gasteiger partial charge is 0.383 e. The minimum atomic E-state index is 0.243. The van der Waals surface area contributed by atoms with E-state index in [4.69, 9.17) is 4.74 Å². The Morgan fingerprint density at radius 3 is 2.60 bits per heavy atom. The van der Waals surface area contributed by atoms with Crippen molar-refractivity contribution in [2.45, 2.75) is 13.0 Å². The highest BCUT2D eigenvalue weighted by atomic mass is 16.5. The first-order valence-corrected chi connectivity index (χ1v) is 5.15. The molecule has 1 aromatic carbocycles. The van der Waals surface area contributed by atoms with Crippen molar-refractivity contribution in [1.29, 1.82) is 0 Å². The fraction of sp³-hybridized carbons (Fsp3) is 0.385. The molecule has 1 unspecified atom stereocenters. The van der Waals surface area contributed by atoms with Gasteiger partial charge in [-0.3, -0.25) is 0 Å². The zero-order chi connectivity index (χ0) is 11.1. The van der Waals surface area contributed by atoms with E-state index in [-0.39, 0.29) is 6.04 Å². The normalized spacial score (nSPS) is 12.4. The molecule has 0 aliphatic carbocycles. The molecule has 1 atom stereocenters. The molecular formula is C13H19NO. The molecule has 0 saturated heterocycles. The highest BCUT2D eigenvalue weighted by Crippen LogP contribution is 2.12. The van der Waals surface area contributed by atoms with Gasteiger partial charge in [0.25, 0.3) is 0 Å². The zero-order valence-electron chi connectivity index (χ0n) is 9.49. The first kappa shape index (κ1) is 12.0. The molecule has 1 rings (SSSR count). The van der Waals surface area contributed by atoms with Crippen molar-refractivity contribution in [3.05, 3.63) is 48.0 Å². The predicted octanol–water partition coefficient (Wildman–Crippen LogP) is 2.54. The summed E-state index contributed by atoms with van der Waals surface area (Å²) < 4.78 is 5.20. The lowest BCUT2D eigenvalue weighted by atomic mass is 10.1. The van der Waals surface area contributed by atoms with Gasteiger partial charge in [-0.05, 0) is 12.5 Å². The van der Waals surface area contributed by atoms with Crippen molar-refractivity contribution in [2.24, 2.45) is 0 Å². The molecule has 0 fully saturated rings. The van der Waals surface area contributed by atoms with Gasteiger partial charge < -0.3 is 10.1 Å². The number of methoxy groups -OCH3 is 1. The fourth-order valence-corrected chi connectivity index (χ4v) is 1.42. The van der Waals surface area contributed by atoms with E-state index < -0.39 is 0 Å². The van der Waals surface area contributed by atoms with E-state index in [1.165, 1.54) is 5.56 Å². The van der Waals surface area contributed by atoms with Crippen molar-refractivity contribution >= 4 is 0 Å². The van der Waals surface area contributed by atoms with E-state index in [0.717, 1.165) is 12.1 Å². The molecule has 15 heavy (non-hydrogen) atoms. The summed E-state index contributed by atoms with van der Waals surface area (Å²) in [6.45, 7) is 7.39. The second-order valence-corrected chi connectivity index (χ2v) is 3.76. The molecule has 0 amide bonds. The van der Waals surface area contributed by atoms with Crippen LogP contribution in [0.15, 0.2) is 42.5 Å². The van der Waals surface area contributed by atoms with Crippen LogP contribution in [-0.4, -0.2) is 20.3 Å². The van der Waals surface area contributed by atoms with Crippen LogP contribution in [0.3, 0.4) is 0 Å². The Labute approximate surface area is 92.0 Å². The molecule has 0 spiro atoms. The lowest BCUT2D eigenvalue weighted by molar-refractivity contribution is 0.168. The Morgan fingerprint density at radius 1 is 1.40 bits per heavy atom. The molecule has 0 aromatic heterocycles. The zero-order valence-corrected chi connectivity index (χ0v) is 9.49. The van der Waals surface area contributed by atoms with Gasteiger partial charge >= 0.3 is 0 Å². The van der Waals surface area contributed by atoms with Crippen LogP contribution in [0.25, 0.3) is 0 Å². The van der Waals surface area contributed by atoms with Gasteiger partial charge in [-0.15, -0.1) is 0 Å². The van der Waals surface area contributed by atoms with Gasteiger partial charge in [0.15, 0.2) is 0 Å². The van der Waals surface area contributed by atoms with E-state index in [1.54, 1.807) is 7.11 Å². The summed E-state index contributed by atoms with van der Waals surface area (Å²) in [7, 11) is 1.72. The van der Waals surface area contributed by atoms with Crippen molar-refractivity contribution in [3.63, 3.8) is 0 Å². The quantitative estimate of drug-likeness (QED) is 0.721. The maximum atomic E-state index is 5.20. The van der Waals surface area contributed by atoms with Crippen molar-refractivity contribution in [1.82, 2.24) is 5.32 Å². The molecule has 2 heteroatoms. The summed E-state index contributed by atoms with van der Waals surface area (Å²) in [5.74, 6) is 0. The van der Waals surface area contributed by atoms with Crippen LogP contribution in [0.4, 0.5) is 0 Å². The monoisotopic (exact) mass is 205 g/mol. The molecule has 2 nitrogen and oxygen atoms in total. The molecule has 0 saturated carbocycles.